The molecule has 4 nitrogen and oxygen atoms in total. The number of rotatable bonds is 4. The van der Waals surface area contributed by atoms with Gasteiger partial charge in [0, 0.05) is 25.5 Å². The van der Waals surface area contributed by atoms with Crippen molar-refractivity contribution >= 4 is 6.03 Å². The van der Waals surface area contributed by atoms with Gasteiger partial charge in [-0.15, -0.1) is 0 Å². The Labute approximate surface area is 131 Å². The van der Waals surface area contributed by atoms with Crippen molar-refractivity contribution in [2.45, 2.75) is 25.3 Å². The smallest absolute Gasteiger partial charge is 0.317 e. The average molecular weight is 295 g/mol. The normalized spacial score (nSPS) is 17.5. The number of likely N-dealkylation sites (tertiary alicyclic amines) is 1. The zero-order valence-electron chi connectivity index (χ0n) is 12.6. The lowest BCUT2D eigenvalue weighted by Crippen LogP contribution is -2.40. The topological polar surface area (TPSA) is 45.2 Å². The summed E-state index contributed by atoms with van der Waals surface area (Å²) in [6.07, 6.45) is 6.52. The van der Waals surface area contributed by atoms with Crippen molar-refractivity contribution in [3.63, 3.8) is 0 Å². The van der Waals surface area contributed by atoms with Gasteiger partial charge in [0.15, 0.2) is 0 Å². The predicted octanol–water partition coefficient (Wildman–Crippen LogP) is 3.17. The zero-order chi connectivity index (χ0) is 15.2. The maximum Gasteiger partial charge on any atom is 0.317 e. The van der Waals surface area contributed by atoms with E-state index >= 15 is 0 Å². The molecule has 1 atom stereocenters. The highest BCUT2D eigenvalue weighted by atomic mass is 16.2. The van der Waals surface area contributed by atoms with Crippen molar-refractivity contribution < 1.29 is 4.79 Å². The number of urea groups is 1. The van der Waals surface area contributed by atoms with E-state index in [1.165, 1.54) is 5.56 Å². The second kappa shape index (κ2) is 7.07. The number of nitrogens with one attached hydrogen (secondary N) is 1. The molecule has 2 amide bonds. The van der Waals surface area contributed by atoms with Crippen molar-refractivity contribution in [2.75, 3.05) is 13.1 Å². The molecule has 1 aliphatic rings. The van der Waals surface area contributed by atoms with Crippen molar-refractivity contribution in [1.82, 2.24) is 15.2 Å². The Hall–Kier alpha value is -2.36. The van der Waals surface area contributed by atoms with E-state index in [1.807, 2.05) is 41.4 Å². The molecule has 0 radical (unpaired) electrons. The molecule has 3 rings (SSSR count). The molecule has 2 aromatic rings. The summed E-state index contributed by atoms with van der Waals surface area (Å²) >= 11 is 0. The second-order valence-corrected chi connectivity index (χ2v) is 5.61. The monoisotopic (exact) mass is 295 g/mol. The molecule has 4 heteroatoms. The zero-order valence-corrected chi connectivity index (χ0v) is 12.6. The number of carbonyl (C=O) groups is 1. The minimum atomic E-state index is 0.0373. The van der Waals surface area contributed by atoms with Gasteiger partial charge in [-0.2, -0.15) is 0 Å². The van der Waals surface area contributed by atoms with Crippen molar-refractivity contribution in [3.05, 3.63) is 66.0 Å². The Morgan fingerprint density at radius 3 is 2.86 bits per heavy atom. The van der Waals surface area contributed by atoms with E-state index in [0.717, 1.165) is 31.4 Å². The molecule has 2 heterocycles. The van der Waals surface area contributed by atoms with Crippen LogP contribution in [0.1, 0.15) is 30.0 Å². The number of benzene rings is 1. The van der Waals surface area contributed by atoms with Gasteiger partial charge in [0.2, 0.25) is 0 Å². The molecule has 0 saturated carbocycles. The first-order chi connectivity index (χ1) is 10.8. The first-order valence-electron chi connectivity index (χ1n) is 7.83. The Kier molecular flexibility index (Phi) is 4.68. The Balaban J connectivity index is 1.55. The van der Waals surface area contributed by atoms with E-state index in [0.29, 0.717) is 6.54 Å². The fourth-order valence-corrected chi connectivity index (χ4v) is 2.99. The highest BCUT2D eigenvalue weighted by Gasteiger charge is 2.29. The number of aromatic nitrogens is 1. The van der Waals surface area contributed by atoms with Crippen LogP contribution in [0.2, 0.25) is 0 Å². The van der Waals surface area contributed by atoms with Gasteiger partial charge in [0.25, 0.3) is 0 Å². The van der Waals surface area contributed by atoms with E-state index in [9.17, 15) is 4.79 Å². The number of pyridine rings is 1. The molecule has 1 aliphatic heterocycles. The summed E-state index contributed by atoms with van der Waals surface area (Å²) in [7, 11) is 0. The van der Waals surface area contributed by atoms with Gasteiger partial charge in [-0.1, -0.05) is 36.4 Å². The van der Waals surface area contributed by atoms with Gasteiger partial charge in [-0.3, -0.25) is 4.98 Å². The Morgan fingerprint density at radius 2 is 2.09 bits per heavy atom. The number of amides is 2. The minimum Gasteiger partial charge on any atom is -0.338 e. The van der Waals surface area contributed by atoms with Crippen LogP contribution < -0.4 is 5.32 Å². The third-order valence-corrected chi connectivity index (χ3v) is 4.11. The molecule has 1 aromatic heterocycles. The summed E-state index contributed by atoms with van der Waals surface area (Å²) in [5.74, 6) is 0. The summed E-state index contributed by atoms with van der Waals surface area (Å²) < 4.78 is 0. The molecule has 1 unspecified atom stereocenters. The minimum absolute atomic E-state index is 0.0373. The molecule has 1 saturated heterocycles. The van der Waals surface area contributed by atoms with Crippen molar-refractivity contribution in [1.29, 1.82) is 0 Å². The Bertz CT molecular complexity index is 600. The summed E-state index contributed by atoms with van der Waals surface area (Å²) in [6.45, 7) is 1.47. The fraction of sp³-hybridized carbons (Fsp3) is 0.333. The summed E-state index contributed by atoms with van der Waals surface area (Å²) in [5, 5.41) is 3.03. The number of nitrogens with zero attached hydrogens (tertiary/aromatic N) is 2. The number of hydrogen-bond donors (Lipinski definition) is 1. The van der Waals surface area contributed by atoms with E-state index < -0.39 is 0 Å². The van der Waals surface area contributed by atoms with Gasteiger partial charge in [-0.25, -0.2) is 4.79 Å². The maximum absolute atomic E-state index is 12.4. The number of carbonyl (C=O) groups excluding carboxylic acids is 1. The lowest BCUT2D eigenvalue weighted by atomic mass is 10.1. The fourth-order valence-electron chi connectivity index (χ4n) is 2.99. The maximum atomic E-state index is 12.4. The molecule has 0 bridgehead atoms. The summed E-state index contributed by atoms with van der Waals surface area (Å²) in [4.78, 5) is 18.5. The molecular formula is C18H21N3O. The van der Waals surface area contributed by atoms with Crippen LogP contribution in [0.4, 0.5) is 4.79 Å². The van der Waals surface area contributed by atoms with Gasteiger partial charge >= 0.3 is 6.03 Å². The van der Waals surface area contributed by atoms with Gasteiger partial charge in [-0.05, 0) is 36.5 Å². The molecule has 0 spiro atoms. The van der Waals surface area contributed by atoms with Crippen LogP contribution >= 0.6 is 0 Å². The van der Waals surface area contributed by atoms with Crippen LogP contribution in [0.15, 0.2) is 54.9 Å². The lowest BCUT2D eigenvalue weighted by molar-refractivity contribution is 0.193. The predicted molar refractivity (Wildman–Crippen MR) is 86.5 cm³/mol. The van der Waals surface area contributed by atoms with Crippen LogP contribution in [0.3, 0.4) is 0 Å². The van der Waals surface area contributed by atoms with E-state index in [-0.39, 0.29) is 12.1 Å². The summed E-state index contributed by atoms with van der Waals surface area (Å²) in [5.41, 5.74) is 2.37. The molecule has 1 aromatic carbocycles. The van der Waals surface area contributed by atoms with Crippen LogP contribution in [-0.4, -0.2) is 29.0 Å². The molecule has 114 valence electrons. The van der Waals surface area contributed by atoms with Crippen molar-refractivity contribution in [3.8, 4) is 0 Å². The third-order valence-electron chi connectivity index (χ3n) is 4.11. The Morgan fingerprint density at radius 1 is 1.23 bits per heavy atom. The summed E-state index contributed by atoms with van der Waals surface area (Å²) in [6, 6.07) is 14.5. The van der Waals surface area contributed by atoms with E-state index in [2.05, 4.69) is 22.4 Å². The quantitative estimate of drug-likeness (QED) is 0.941. The SMILES string of the molecule is O=C(NCCc1cccnc1)N1CCCC1c1ccccc1. The van der Waals surface area contributed by atoms with Crippen LogP contribution in [0.5, 0.6) is 0 Å². The van der Waals surface area contributed by atoms with Crippen molar-refractivity contribution in [2.24, 2.45) is 0 Å². The molecule has 22 heavy (non-hydrogen) atoms. The number of hydrogen-bond acceptors (Lipinski definition) is 2. The second-order valence-electron chi connectivity index (χ2n) is 5.61. The van der Waals surface area contributed by atoms with Gasteiger partial charge in [0.05, 0.1) is 6.04 Å². The van der Waals surface area contributed by atoms with Gasteiger partial charge in [0.1, 0.15) is 0 Å². The highest BCUT2D eigenvalue weighted by molar-refractivity contribution is 5.75. The van der Waals surface area contributed by atoms with E-state index in [1.54, 1.807) is 6.20 Å². The first-order valence-corrected chi connectivity index (χ1v) is 7.83. The lowest BCUT2D eigenvalue weighted by Gasteiger charge is -2.25. The molecule has 1 fully saturated rings. The van der Waals surface area contributed by atoms with Crippen LogP contribution in [-0.2, 0) is 6.42 Å². The van der Waals surface area contributed by atoms with E-state index in [4.69, 9.17) is 0 Å². The van der Waals surface area contributed by atoms with Crippen LogP contribution in [0.25, 0.3) is 0 Å². The standard InChI is InChI=1S/C18H21N3O/c22-18(20-12-10-15-6-4-11-19-14-15)21-13-5-9-17(21)16-7-2-1-3-8-16/h1-4,6-8,11,14,17H,5,9-10,12-13H2,(H,20,22). The average Bonchev–Trinajstić information content (AvgIpc) is 3.06. The first kappa shape index (κ1) is 14.6. The molecule has 1 N–H and O–H groups in total. The largest absolute Gasteiger partial charge is 0.338 e. The molecule has 0 aliphatic carbocycles. The third kappa shape index (κ3) is 3.45. The molecular weight excluding hydrogens is 274 g/mol. The van der Waals surface area contributed by atoms with Crippen LogP contribution in [0, 0.1) is 0 Å². The highest BCUT2D eigenvalue weighted by Crippen LogP contribution is 2.31. The van der Waals surface area contributed by atoms with Gasteiger partial charge < -0.3 is 10.2 Å².